The molecule has 1 unspecified atom stereocenters. The van der Waals surface area contributed by atoms with Crippen molar-refractivity contribution < 1.29 is 28.2 Å². The van der Waals surface area contributed by atoms with Crippen LogP contribution in [0.1, 0.15) is 27.5 Å². The van der Waals surface area contributed by atoms with Gasteiger partial charge < -0.3 is 19.5 Å². The Hall–Kier alpha value is -2.27. The monoisotopic (exact) mass is 336 g/mol. The Balaban J connectivity index is 1.61. The lowest BCUT2D eigenvalue weighted by molar-refractivity contribution is 0.173. The number of nitrogens with one attached hydrogen (secondary N) is 1. The molecule has 2 aliphatic rings. The maximum absolute atomic E-state index is 14.0. The van der Waals surface area contributed by atoms with Gasteiger partial charge in [-0.25, -0.2) is 4.39 Å². The van der Waals surface area contributed by atoms with Gasteiger partial charge in [0.1, 0.15) is 14.3 Å². The van der Waals surface area contributed by atoms with Crippen LogP contribution in [0.5, 0.6) is 17.2 Å². The van der Waals surface area contributed by atoms with Crippen LogP contribution in [0.25, 0.3) is 0 Å². The normalized spacial score (nSPS) is 31.7. The Labute approximate surface area is 150 Å². The lowest BCUT2D eigenvalue weighted by atomic mass is 9.81. The van der Waals surface area contributed by atoms with E-state index in [1.807, 2.05) is 0 Å². The zero-order valence-electron chi connectivity index (χ0n) is 19.7. The van der Waals surface area contributed by atoms with Crippen LogP contribution in [-0.2, 0) is 0 Å². The largest absolute Gasteiger partial charge is 0.493 e. The van der Waals surface area contributed by atoms with Gasteiger partial charge in [-0.2, -0.15) is 0 Å². The molecule has 1 N–H and O–H groups in total. The molecular weight excluding hydrogens is 309 g/mol. The van der Waals surface area contributed by atoms with Crippen molar-refractivity contribution in [3.05, 3.63) is 53.7 Å². The second-order valence-electron chi connectivity index (χ2n) is 5.57. The maximum atomic E-state index is 14.0. The molecule has 2 atom stereocenters. The van der Waals surface area contributed by atoms with Crippen LogP contribution in [0.2, 0.25) is 0 Å². The van der Waals surface area contributed by atoms with Gasteiger partial charge in [0, 0.05) is 19.9 Å². The highest BCUT2D eigenvalue weighted by molar-refractivity contribution is 5.46. The first-order valence-electron chi connectivity index (χ1n) is 11.2. The van der Waals surface area contributed by atoms with Crippen molar-refractivity contribution in [2.24, 2.45) is 5.92 Å². The molecule has 24 heavy (non-hydrogen) atoms. The molecule has 0 radical (unpaired) electrons. The van der Waals surface area contributed by atoms with Gasteiger partial charge in [0.15, 0.2) is 11.5 Å². The third-order valence-electron chi connectivity index (χ3n) is 4.04. The molecule has 126 valence electrons. The maximum Gasteiger partial charge on any atom is 0.231 e. The lowest BCUT2D eigenvalue weighted by Gasteiger charge is -2.32. The molecule has 2 aromatic carbocycles. The molecule has 0 saturated carbocycles. The van der Waals surface area contributed by atoms with E-state index < -0.39 is 48.5 Å². The number of rotatable bonds is 4. The third-order valence-corrected chi connectivity index (χ3v) is 4.04. The second-order valence-corrected chi connectivity index (χ2v) is 5.57. The molecule has 5 heteroatoms. The van der Waals surface area contributed by atoms with E-state index in [0.29, 0.717) is 18.8 Å². The summed E-state index contributed by atoms with van der Waals surface area (Å²) in [5.41, 5.74) is -0.141. The topological polar surface area (TPSA) is 39.7 Å². The van der Waals surface area contributed by atoms with E-state index in [0.717, 1.165) is 0 Å². The van der Waals surface area contributed by atoms with Crippen molar-refractivity contribution in [1.82, 2.24) is 5.32 Å². The number of hydrogen-bond donors (Lipinski definition) is 1. The van der Waals surface area contributed by atoms with Crippen LogP contribution in [0.3, 0.4) is 0 Å². The predicted octanol–water partition coefficient (Wildman–Crippen LogP) is 3.33. The van der Waals surface area contributed by atoms with Gasteiger partial charge in [0.25, 0.3) is 0 Å². The summed E-state index contributed by atoms with van der Waals surface area (Å²) in [5, 5.41) is 3.14. The summed E-state index contributed by atoms with van der Waals surface area (Å²) in [6, 6.07) is 1.87. The second kappa shape index (κ2) is 6.69. The average molecular weight is 336 g/mol. The minimum absolute atomic E-state index is 0.0000399. The highest BCUT2D eigenvalue weighted by Gasteiger charge is 2.27. The molecule has 2 aromatic rings. The molecule has 1 saturated heterocycles. The first-order valence-corrected chi connectivity index (χ1v) is 7.65. The van der Waals surface area contributed by atoms with E-state index in [1.165, 1.54) is 12.1 Å². The average Bonchev–Trinajstić information content (AvgIpc) is 3.03. The fourth-order valence-corrected chi connectivity index (χ4v) is 2.82. The SMILES string of the molecule is [2H]c1c([2H])c([C@]2([2H])CCNCC2COc2ccc3c(c2)OC([2H])([2H])O3)c([2H])c([2H])c1F. The van der Waals surface area contributed by atoms with E-state index >= 15 is 0 Å². The molecule has 0 aliphatic carbocycles. The minimum atomic E-state index is -2.26. The highest BCUT2D eigenvalue weighted by atomic mass is 19.1. The highest BCUT2D eigenvalue weighted by Crippen LogP contribution is 2.36. The number of ether oxygens (including phenoxy) is 3. The van der Waals surface area contributed by atoms with E-state index in [2.05, 4.69) is 5.32 Å². The lowest BCUT2D eigenvalue weighted by Crippen LogP contribution is -2.38. The standard InChI is InChI=1S/C19H20FNO3/c20-15-3-1-13(2-4-15)17-7-8-21-10-14(17)11-22-16-5-6-18-19(9-16)24-12-23-18/h1-6,9,14,17,21H,7-8,10-12H2/t14?,17-/m0/s1/i1D,2D,3D,4D,12D2,17D. The summed E-state index contributed by atoms with van der Waals surface area (Å²) in [4.78, 5) is 0. The molecule has 0 bridgehead atoms. The first kappa shape index (κ1) is 9.28. The van der Waals surface area contributed by atoms with Crippen molar-refractivity contribution in [1.29, 1.82) is 0 Å². The smallest absolute Gasteiger partial charge is 0.231 e. The van der Waals surface area contributed by atoms with Crippen LogP contribution in [0.4, 0.5) is 4.39 Å². The van der Waals surface area contributed by atoms with Crippen molar-refractivity contribution >= 4 is 0 Å². The molecule has 4 nitrogen and oxygen atoms in total. The van der Waals surface area contributed by atoms with Crippen LogP contribution in [-0.4, -0.2) is 26.4 Å². The van der Waals surface area contributed by atoms with E-state index in [-0.39, 0.29) is 30.1 Å². The van der Waals surface area contributed by atoms with Gasteiger partial charge in [-0.15, -0.1) is 0 Å². The Bertz CT molecular complexity index is 1010. The van der Waals surface area contributed by atoms with Crippen molar-refractivity contribution in [3.8, 4) is 17.2 Å². The van der Waals surface area contributed by atoms with Gasteiger partial charge in [-0.05, 0) is 48.6 Å². The van der Waals surface area contributed by atoms with E-state index in [1.54, 1.807) is 6.07 Å². The Morgan fingerprint density at radius 2 is 2.12 bits per heavy atom. The van der Waals surface area contributed by atoms with Crippen LogP contribution < -0.4 is 19.5 Å². The summed E-state index contributed by atoms with van der Waals surface area (Å²) >= 11 is 0. The van der Waals surface area contributed by atoms with Crippen LogP contribution in [0.15, 0.2) is 42.4 Å². The van der Waals surface area contributed by atoms with Gasteiger partial charge >= 0.3 is 0 Å². The molecule has 0 aromatic heterocycles. The summed E-state index contributed by atoms with van der Waals surface area (Å²) in [7, 11) is 0. The molecule has 0 spiro atoms. The Kier molecular flexibility index (Phi) is 2.59. The van der Waals surface area contributed by atoms with Gasteiger partial charge in [-0.3, -0.25) is 0 Å². The molecule has 2 heterocycles. The molecular formula is C19H20FNO3. The first-order chi connectivity index (χ1) is 14.5. The van der Waals surface area contributed by atoms with Gasteiger partial charge in [0.2, 0.25) is 6.75 Å². The Morgan fingerprint density at radius 3 is 3.00 bits per heavy atom. The molecule has 0 amide bonds. The zero-order chi connectivity index (χ0) is 22.6. The van der Waals surface area contributed by atoms with Crippen LogP contribution in [0, 0.1) is 11.7 Å². The summed E-state index contributed by atoms with van der Waals surface area (Å²) in [6.45, 7) is -1.51. The quantitative estimate of drug-likeness (QED) is 0.930. The van der Waals surface area contributed by atoms with E-state index in [4.69, 9.17) is 23.8 Å². The fraction of sp³-hybridized carbons (Fsp3) is 0.368. The molecule has 1 fully saturated rings. The molecule has 4 rings (SSSR count). The number of piperidine rings is 1. The fourth-order valence-electron chi connectivity index (χ4n) is 2.82. The number of hydrogen-bond acceptors (Lipinski definition) is 4. The zero-order valence-corrected chi connectivity index (χ0v) is 12.7. The summed E-state index contributed by atoms with van der Waals surface area (Å²) in [6.07, 6.45) is 0.199. The summed E-state index contributed by atoms with van der Waals surface area (Å²) in [5.74, 6) is -2.54. The Morgan fingerprint density at radius 1 is 1.29 bits per heavy atom. The predicted molar refractivity (Wildman–Crippen MR) is 88.2 cm³/mol. The van der Waals surface area contributed by atoms with Gasteiger partial charge in [-0.1, -0.05) is 12.1 Å². The van der Waals surface area contributed by atoms with Crippen LogP contribution >= 0.6 is 0 Å². The third kappa shape index (κ3) is 3.17. The van der Waals surface area contributed by atoms with Crippen molar-refractivity contribution in [3.63, 3.8) is 0 Å². The van der Waals surface area contributed by atoms with E-state index in [9.17, 15) is 4.39 Å². The molecule has 2 aliphatic heterocycles. The van der Waals surface area contributed by atoms with Crippen molar-refractivity contribution in [2.45, 2.75) is 12.3 Å². The summed E-state index contributed by atoms with van der Waals surface area (Å²) < 4.78 is 85.8. The number of halogens is 1. The number of benzene rings is 2. The number of fused-ring (bicyclic) bond motifs is 1. The minimum Gasteiger partial charge on any atom is -0.493 e. The van der Waals surface area contributed by atoms with Gasteiger partial charge in [0.05, 0.1) is 12.1 Å². The van der Waals surface area contributed by atoms with Crippen molar-refractivity contribution in [2.75, 3.05) is 26.4 Å².